The number of carboxylic acid groups (broad SMARTS) is 1. The molecule has 5 nitrogen and oxygen atoms in total. The summed E-state index contributed by atoms with van der Waals surface area (Å²) in [6.45, 7) is 7.22. The van der Waals surface area contributed by atoms with Crippen LogP contribution in [0.2, 0.25) is 0 Å². The van der Waals surface area contributed by atoms with Crippen molar-refractivity contribution in [2.45, 2.75) is 25.8 Å². The Hall–Kier alpha value is -1.59. The van der Waals surface area contributed by atoms with Crippen molar-refractivity contribution >= 4 is 11.7 Å². The molecule has 1 aliphatic heterocycles. The lowest BCUT2D eigenvalue weighted by atomic mass is 10.0. The summed E-state index contributed by atoms with van der Waals surface area (Å²) in [7, 11) is 2.13. The molecule has 23 heavy (non-hydrogen) atoms. The molecule has 1 heterocycles. The number of benzene rings is 1. The van der Waals surface area contributed by atoms with Crippen molar-refractivity contribution in [1.82, 2.24) is 9.80 Å². The summed E-state index contributed by atoms with van der Waals surface area (Å²) < 4.78 is 0. The van der Waals surface area contributed by atoms with Crippen molar-refractivity contribution in [2.24, 2.45) is 0 Å². The zero-order chi connectivity index (χ0) is 16.7. The second-order valence-corrected chi connectivity index (χ2v) is 6.29. The minimum Gasteiger partial charge on any atom is -0.480 e. The first-order valence-corrected chi connectivity index (χ1v) is 8.54. The molecule has 0 aliphatic carbocycles. The van der Waals surface area contributed by atoms with E-state index in [1.807, 2.05) is 13.0 Å². The molecule has 0 amide bonds. The smallest absolute Gasteiger partial charge is 0.317 e. The van der Waals surface area contributed by atoms with Crippen LogP contribution < -0.4 is 4.90 Å². The monoisotopic (exact) mass is 319 g/mol. The number of carbonyl (C=O) groups is 1. The second-order valence-electron chi connectivity index (χ2n) is 6.29. The Morgan fingerprint density at radius 1 is 1.26 bits per heavy atom. The van der Waals surface area contributed by atoms with E-state index in [0.29, 0.717) is 6.04 Å². The number of carboxylic acids is 1. The molecule has 0 bridgehead atoms. The molecule has 128 valence electrons. The molecule has 1 saturated heterocycles. The molecular formula is C18H29N3O2. The van der Waals surface area contributed by atoms with E-state index in [4.69, 9.17) is 5.11 Å². The first-order chi connectivity index (χ1) is 11.1. The van der Waals surface area contributed by atoms with E-state index < -0.39 is 5.97 Å². The van der Waals surface area contributed by atoms with Crippen LogP contribution in [-0.2, 0) is 4.79 Å². The average Bonchev–Trinajstić information content (AvgIpc) is 2.58. The molecule has 1 aromatic carbocycles. The Morgan fingerprint density at radius 2 is 1.91 bits per heavy atom. The molecule has 0 unspecified atom stereocenters. The second kappa shape index (κ2) is 8.89. The first kappa shape index (κ1) is 17.8. The maximum atomic E-state index is 10.9. The van der Waals surface area contributed by atoms with Gasteiger partial charge in [-0.25, -0.2) is 0 Å². The highest BCUT2D eigenvalue weighted by molar-refractivity contribution is 5.69. The number of hydrogen-bond donors (Lipinski definition) is 1. The molecular weight excluding hydrogens is 290 g/mol. The van der Waals surface area contributed by atoms with Gasteiger partial charge in [0.15, 0.2) is 0 Å². The molecule has 5 heteroatoms. The van der Waals surface area contributed by atoms with E-state index in [-0.39, 0.29) is 6.54 Å². The molecule has 1 fully saturated rings. The molecule has 1 aliphatic rings. The summed E-state index contributed by atoms with van der Waals surface area (Å²) in [4.78, 5) is 17.8. The number of aliphatic carboxylic acids is 1. The molecule has 0 atom stereocenters. The van der Waals surface area contributed by atoms with Crippen molar-refractivity contribution in [1.29, 1.82) is 0 Å². The van der Waals surface area contributed by atoms with Gasteiger partial charge in [0.2, 0.25) is 0 Å². The Morgan fingerprint density at radius 3 is 2.48 bits per heavy atom. The fourth-order valence-corrected chi connectivity index (χ4v) is 3.28. The Balaban J connectivity index is 1.73. The van der Waals surface area contributed by atoms with Gasteiger partial charge in [0.1, 0.15) is 0 Å². The standard InChI is InChI=1S/C18H29N3O2/c1-3-21(15-18(22)23)17-9-11-20(12-10-17)14-13-19(2)16-7-5-4-6-8-16/h4-8,17H,3,9-15H2,1-2H3,(H,22,23). The van der Waals surface area contributed by atoms with Gasteiger partial charge in [-0.3, -0.25) is 9.69 Å². The number of likely N-dealkylation sites (N-methyl/N-ethyl adjacent to an activating group) is 2. The zero-order valence-electron chi connectivity index (χ0n) is 14.3. The SMILES string of the molecule is CCN(CC(=O)O)C1CCN(CCN(C)c2ccccc2)CC1. The molecule has 1 aromatic rings. The van der Waals surface area contributed by atoms with Crippen LogP contribution >= 0.6 is 0 Å². The highest BCUT2D eigenvalue weighted by atomic mass is 16.4. The van der Waals surface area contributed by atoms with E-state index in [1.54, 1.807) is 0 Å². The summed E-state index contributed by atoms with van der Waals surface area (Å²) in [5.74, 6) is -0.723. The summed E-state index contributed by atoms with van der Waals surface area (Å²) in [6.07, 6.45) is 2.13. The van der Waals surface area contributed by atoms with Crippen LogP contribution in [0.25, 0.3) is 0 Å². The van der Waals surface area contributed by atoms with Crippen molar-refractivity contribution in [2.75, 3.05) is 51.2 Å². The Labute approximate surface area is 139 Å². The number of hydrogen-bond acceptors (Lipinski definition) is 4. The predicted octanol–water partition coefficient (Wildman–Crippen LogP) is 1.99. The predicted molar refractivity (Wildman–Crippen MR) is 94.1 cm³/mol. The minimum absolute atomic E-state index is 0.165. The molecule has 0 spiro atoms. The molecule has 0 radical (unpaired) electrons. The van der Waals surface area contributed by atoms with Crippen LogP contribution in [0.15, 0.2) is 30.3 Å². The lowest BCUT2D eigenvalue weighted by molar-refractivity contribution is -0.139. The third kappa shape index (κ3) is 5.52. The van der Waals surface area contributed by atoms with Gasteiger partial charge in [0.05, 0.1) is 6.54 Å². The van der Waals surface area contributed by atoms with Gasteiger partial charge >= 0.3 is 5.97 Å². The van der Waals surface area contributed by atoms with Crippen molar-refractivity contribution < 1.29 is 9.90 Å². The van der Waals surface area contributed by atoms with E-state index in [0.717, 1.165) is 45.6 Å². The summed E-state index contributed by atoms with van der Waals surface area (Å²) >= 11 is 0. The number of nitrogens with zero attached hydrogens (tertiary/aromatic N) is 3. The summed E-state index contributed by atoms with van der Waals surface area (Å²) in [6, 6.07) is 10.9. The molecule has 0 saturated carbocycles. The highest BCUT2D eigenvalue weighted by Crippen LogP contribution is 2.17. The van der Waals surface area contributed by atoms with Gasteiger partial charge in [-0.1, -0.05) is 25.1 Å². The van der Waals surface area contributed by atoms with Gasteiger partial charge < -0.3 is 14.9 Å². The van der Waals surface area contributed by atoms with E-state index in [9.17, 15) is 4.79 Å². The zero-order valence-corrected chi connectivity index (χ0v) is 14.3. The number of piperidine rings is 1. The fraction of sp³-hybridized carbons (Fsp3) is 0.611. The van der Waals surface area contributed by atoms with Gasteiger partial charge in [0.25, 0.3) is 0 Å². The topological polar surface area (TPSA) is 47.0 Å². The van der Waals surface area contributed by atoms with Gasteiger partial charge in [-0.05, 0) is 44.6 Å². The van der Waals surface area contributed by atoms with Crippen LogP contribution in [0.5, 0.6) is 0 Å². The first-order valence-electron chi connectivity index (χ1n) is 8.54. The third-order valence-corrected chi connectivity index (χ3v) is 4.77. The minimum atomic E-state index is -0.723. The van der Waals surface area contributed by atoms with Crippen molar-refractivity contribution in [3.63, 3.8) is 0 Å². The van der Waals surface area contributed by atoms with Gasteiger partial charge in [0, 0.05) is 31.9 Å². The van der Waals surface area contributed by atoms with E-state index in [2.05, 4.69) is 46.0 Å². The third-order valence-electron chi connectivity index (χ3n) is 4.77. The normalized spacial score (nSPS) is 16.7. The number of anilines is 1. The van der Waals surface area contributed by atoms with Crippen LogP contribution in [0.4, 0.5) is 5.69 Å². The number of para-hydroxylation sites is 1. The highest BCUT2D eigenvalue weighted by Gasteiger charge is 2.24. The number of likely N-dealkylation sites (tertiary alicyclic amines) is 1. The lowest BCUT2D eigenvalue weighted by Crippen LogP contribution is -2.47. The number of rotatable bonds is 8. The average molecular weight is 319 g/mol. The summed E-state index contributed by atoms with van der Waals surface area (Å²) in [5, 5.41) is 8.99. The van der Waals surface area contributed by atoms with Crippen LogP contribution in [0, 0.1) is 0 Å². The van der Waals surface area contributed by atoms with Gasteiger partial charge in [-0.15, -0.1) is 0 Å². The van der Waals surface area contributed by atoms with E-state index >= 15 is 0 Å². The summed E-state index contributed by atoms with van der Waals surface area (Å²) in [5.41, 5.74) is 1.25. The van der Waals surface area contributed by atoms with Gasteiger partial charge in [-0.2, -0.15) is 0 Å². The van der Waals surface area contributed by atoms with Crippen LogP contribution in [0.1, 0.15) is 19.8 Å². The van der Waals surface area contributed by atoms with E-state index in [1.165, 1.54) is 5.69 Å². The maximum absolute atomic E-state index is 10.9. The Bertz CT molecular complexity index is 472. The van der Waals surface area contributed by atoms with Crippen molar-refractivity contribution in [3.8, 4) is 0 Å². The van der Waals surface area contributed by atoms with Crippen LogP contribution in [-0.4, -0.2) is 73.2 Å². The fourth-order valence-electron chi connectivity index (χ4n) is 3.28. The maximum Gasteiger partial charge on any atom is 0.317 e. The van der Waals surface area contributed by atoms with Crippen LogP contribution in [0.3, 0.4) is 0 Å². The van der Waals surface area contributed by atoms with Crippen molar-refractivity contribution in [3.05, 3.63) is 30.3 Å². The molecule has 2 rings (SSSR count). The Kier molecular flexibility index (Phi) is 6.86. The quantitative estimate of drug-likeness (QED) is 0.794. The lowest BCUT2D eigenvalue weighted by Gasteiger charge is -2.38. The largest absolute Gasteiger partial charge is 0.480 e. The molecule has 0 aromatic heterocycles. The molecule has 1 N–H and O–H groups in total.